The molecule has 20 heavy (non-hydrogen) atoms. The molecule has 1 aliphatic rings. The van der Waals surface area contributed by atoms with Gasteiger partial charge in [0, 0.05) is 0 Å². The van der Waals surface area contributed by atoms with Crippen LogP contribution in [0, 0.1) is 0 Å². The summed E-state index contributed by atoms with van der Waals surface area (Å²) in [5.41, 5.74) is 1.69. The molecule has 1 rings (SSSR count). The molecule has 0 unspecified atom stereocenters. The minimum absolute atomic E-state index is 1.20. The lowest BCUT2D eigenvalue weighted by Crippen LogP contribution is -1.79. The van der Waals surface area contributed by atoms with Crippen LogP contribution in [0.15, 0.2) is 24.3 Å². The van der Waals surface area contributed by atoms with Crippen LogP contribution in [0.25, 0.3) is 0 Å². The minimum atomic E-state index is 1.20. The van der Waals surface area contributed by atoms with E-state index < -0.39 is 0 Å². The number of hydrogen-bond donors (Lipinski definition) is 0. The summed E-state index contributed by atoms with van der Waals surface area (Å²) < 4.78 is 0. The molecule has 118 valence electrons. The van der Waals surface area contributed by atoms with E-state index in [-0.39, 0.29) is 0 Å². The minimum Gasteiger partial charge on any atom is -0.103 e. The Hall–Kier alpha value is -0.520. The molecular formula is C20H38. The van der Waals surface area contributed by atoms with Gasteiger partial charge in [0.2, 0.25) is 0 Å². The molecule has 0 aromatic carbocycles. The summed E-state index contributed by atoms with van der Waals surface area (Å²) in [4.78, 5) is 0. The smallest absolute Gasteiger partial charge is 0.0283 e. The molecule has 0 amide bonds. The molecule has 1 fully saturated rings. The van der Waals surface area contributed by atoms with Crippen LogP contribution in [-0.4, -0.2) is 0 Å². The molecule has 1 saturated carbocycles. The van der Waals surface area contributed by atoms with Gasteiger partial charge < -0.3 is 0 Å². The molecule has 0 aromatic rings. The van der Waals surface area contributed by atoms with Crippen molar-refractivity contribution in [2.24, 2.45) is 0 Å². The highest BCUT2D eigenvalue weighted by Crippen LogP contribution is 2.28. The fourth-order valence-electron chi connectivity index (χ4n) is 2.21. The maximum absolute atomic E-state index is 3.72. The van der Waals surface area contributed by atoms with Gasteiger partial charge in [-0.15, -0.1) is 6.58 Å². The summed E-state index contributed by atoms with van der Waals surface area (Å²) in [6.07, 6.45) is 23.7. The highest BCUT2D eigenvalue weighted by Gasteiger charge is 2.08. The Morgan fingerprint density at radius 2 is 1.30 bits per heavy atom. The molecule has 0 heteroatoms. The molecule has 0 saturated heterocycles. The number of allylic oxidation sites excluding steroid dienone is 3. The summed E-state index contributed by atoms with van der Waals surface area (Å²) in [6, 6.07) is 0. The van der Waals surface area contributed by atoms with E-state index in [0.717, 1.165) is 0 Å². The Kier molecular flexibility index (Phi) is 16.1. The Morgan fingerprint density at radius 3 is 1.80 bits per heavy atom. The van der Waals surface area contributed by atoms with E-state index >= 15 is 0 Å². The summed E-state index contributed by atoms with van der Waals surface area (Å²) in [5.74, 6) is 0. The van der Waals surface area contributed by atoms with Crippen molar-refractivity contribution in [3.63, 3.8) is 0 Å². The monoisotopic (exact) mass is 278 g/mol. The van der Waals surface area contributed by atoms with Crippen LogP contribution >= 0.6 is 0 Å². The van der Waals surface area contributed by atoms with Gasteiger partial charge in [0.05, 0.1) is 0 Å². The summed E-state index contributed by atoms with van der Waals surface area (Å²) in [6.45, 7) is 8.23. The van der Waals surface area contributed by atoms with Crippen molar-refractivity contribution in [2.75, 3.05) is 0 Å². The van der Waals surface area contributed by atoms with Gasteiger partial charge in [-0.2, -0.15) is 0 Å². The molecule has 1 aliphatic carbocycles. The Balaban J connectivity index is 0.000000388. The van der Waals surface area contributed by atoms with Crippen LogP contribution in [-0.2, 0) is 0 Å². The summed E-state index contributed by atoms with van der Waals surface area (Å²) in [7, 11) is 0. The van der Waals surface area contributed by atoms with E-state index in [1.54, 1.807) is 5.57 Å². The first-order valence-electron chi connectivity index (χ1n) is 9.13. The van der Waals surface area contributed by atoms with Gasteiger partial charge in [-0.1, -0.05) is 89.4 Å². The third kappa shape index (κ3) is 17.5. The van der Waals surface area contributed by atoms with Crippen molar-refractivity contribution >= 4 is 0 Å². The van der Waals surface area contributed by atoms with Gasteiger partial charge in [0.25, 0.3) is 0 Å². The molecule has 0 bridgehead atoms. The second kappa shape index (κ2) is 16.5. The number of rotatable bonds is 12. The predicted octanol–water partition coefficient (Wildman–Crippen LogP) is 7.60. The lowest BCUT2D eigenvalue weighted by atomic mass is 10.1. The summed E-state index contributed by atoms with van der Waals surface area (Å²) in [5, 5.41) is 0. The maximum Gasteiger partial charge on any atom is -0.0283 e. The van der Waals surface area contributed by atoms with Crippen LogP contribution in [0.5, 0.6) is 0 Å². The van der Waals surface area contributed by atoms with E-state index in [1.165, 1.54) is 89.9 Å². The fraction of sp³-hybridized carbons (Fsp3) is 0.800. The Labute approximate surface area is 128 Å². The van der Waals surface area contributed by atoms with Crippen molar-refractivity contribution in [1.29, 1.82) is 0 Å². The van der Waals surface area contributed by atoms with Gasteiger partial charge in [0.15, 0.2) is 0 Å². The van der Waals surface area contributed by atoms with Crippen molar-refractivity contribution in [3.05, 3.63) is 24.3 Å². The molecule has 0 aromatic heterocycles. The molecule has 0 radical (unpaired) electrons. The van der Waals surface area contributed by atoms with E-state index in [1.807, 2.05) is 6.08 Å². The Bertz CT molecular complexity index is 218. The number of unbranched alkanes of at least 4 members (excludes halogenated alkanes) is 10. The van der Waals surface area contributed by atoms with Gasteiger partial charge in [-0.05, 0) is 32.1 Å². The fourth-order valence-corrected chi connectivity index (χ4v) is 2.21. The standard InChI is InChI=1S/C12H24.C8H14/c1-3-5-7-9-11-12-10-8-6-4-2;1-2-3-4-5-8-6-7-8/h3H,1,4-12H2,2H3;5H,2-4,6-7H2,1H3. The zero-order valence-electron chi connectivity index (χ0n) is 14.3. The highest BCUT2D eigenvalue weighted by atomic mass is 14.1. The topological polar surface area (TPSA) is 0 Å². The zero-order chi connectivity index (χ0) is 14.9. The van der Waals surface area contributed by atoms with Gasteiger partial charge in [-0.3, -0.25) is 0 Å². The lowest BCUT2D eigenvalue weighted by molar-refractivity contribution is 0.578. The second-order valence-corrected chi connectivity index (χ2v) is 6.06. The first kappa shape index (κ1) is 19.5. The third-order valence-electron chi connectivity index (χ3n) is 3.79. The maximum atomic E-state index is 3.72. The van der Waals surface area contributed by atoms with Crippen LogP contribution in [0.1, 0.15) is 104 Å². The highest BCUT2D eigenvalue weighted by molar-refractivity contribution is 5.15. The van der Waals surface area contributed by atoms with Crippen LogP contribution in [0.2, 0.25) is 0 Å². The second-order valence-electron chi connectivity index (χ2n) is 6.06. The van der Waals surface area contributed by atoms with E-state index in [0.29, 0.717) is 0 Å². The molecular weight excluding hydrogens is 240 g/mol. The van der Waals surface area contributed by atoms with E-state index in [9.17, 15) is 0 Å². The summed E-state index contributed by atoms with van der Waals surface area (Å²) >= 11 is 0. The molecule has 0 N–H and O–H groups in total. The third-order valence-corrected chi connectivity index (χ3v) is 3.79. The molecule has 0 spiro atoms. The van der Waals surface area contributed by atoms with Gasteiger partial charge in [0.1, 0.15) is 0 Å². The van der Waals surface area contributed by atoms with Crippen molar-refractivity contribution in [2.45, 2.75) is 104 Å². The van der Waals surface area contributed by atoms with Crippen LogP contribution in [0.4, 0.5) is 0 Å². The molecule has 0 heterocycles. The van der Waals surface area contributed by atoms with Gasteiger partial charge in [-0.25, -0.2) is 0 Å². The first-order valence-corrected chi connectivity index (χ1v) is 9.13. The van der Waals surface area contributed by atoms with Crippen LogP contribution in [0.3, 0.4) is 0 Å². The van der Waals surface area contributed by atoms with E-state index in [4.69, 9.17) is 0 Å². The predicted molar refractivity (Wildman–Crippen MR) is 94.3 cm³/mol. The van der Waals surface area contributed by atoms with Crippen LogP contribution < -0.4 is 0 Å². The van der Waals surface area contributed by atoms with Crippen molar-refractivity contribution in [1.82, 2.24) is 0 Å². The quantitative estimate of drug-likeness (QED) is 0.255. The first-order chi connectivity index (χ1) is 9.85. The van der Waals surface area contributed by atoms with Crippen molar-refractivity contribution < 1.29 is 0 Å². The molecule has 0 aliphatic heterocycles. The molecule has 0 atom stereocenters. The largest absolute Gasteiger partial charge is 0.103 e. The average Bonchev–Trinajstić information content (AvgIpc) is 3.27. The lowest BCUT2D eigenvalue weighted by Gasteiger charge is -1.99. The SMILES string of the molecule is C=CCCCCCCCCCC.CCCCC=C1CC1. The normalized spacial score (nSPS) is 12.6. The van der Waals surface area contributed by atoms with Crippen molar-refractivity contribution in [3.8, 4) is 0 Å². The average molecular weight is 279 g/mol. The van der Waals surface area contributed by atoms with Gasteiger partial charge >= 0.3 is 0 Å². The number of hydrogen-bond acceptors (Lipinski definition) is 0. The Morgan fingerprint density at radius 1 is 0.750 bits per heavy atom. The molecule has 0 nitrogen and oxygen atoms in total. The van der Waals surface area contributed by atoms with E-state index in [2.05, 4.69) is 26.5 Å². The zero-order valence-corrected chi connectivity index (χ0v) is 14.3.